The zero-order chi connectivity index (χ0) is 8.84. The Kier molecular flexibility index (Phi) is 1.15. The zero-order valence-electron chi connectivity index (χ0n) is 7.38. The summed E-state index contributed by atoms with van der Waals surface area (Å²) in [4.78, 5) is 4.39. The first-order valence-corrected chi connectivity index (χ1v) is 4.42. The molecular weight excluding hydrogens is 162 g/mol. The second-order valence-electron chi connectivity index (χ2n) is 3.30. The SMILES string of the molecule is CC1c2ncccc2-n2ccc[n+]21. The Balaban J connectivity index is 2.37. The molecule has 0 saturated heterocycles. The van der Waals surface area contributed by atoms with Crippen LogP contribution in [0.25, 0.3) is 5.69 Å². The van der Waals surface area contributed by atoms with Crippen molar-refractivity contribution in [2.24, 2.45) is 0 Å². The molecule has 0 aliphatic carbocycles. The van der Waals surface area contributed by atoms with Crippen molar-refractivity contribution in [2.75, 3.05) is 0 Å². The highest BCUT2D eigenvalue weighted by atomic mass is 15.4. The first-order valence-electron chi connectivity index (χ1n) is 4.42. The van der Waals surface area contributed by atoms with Crippen LogP contribution in [0.2, 0.25) is 0 Å². The summed E-state index contributed by atoms with van der Waals surface area (Å²) in [6, 6.07) is 6.47. The minimum absolute atomic E-state index is 0.353. The van der Waals surface area contributed by atoms with E-state index in [0.29, 0.717) is 6.04 Å². The Bertz CT molecular complexity index is 459. The summed E-state index contributed by atoms with van der Waals surface area (Å²) in [5.74, 6) is 0. The lowest BCUT2D eigenvalue weighted by atomic mass is 10.2. The summed E-state index contributed by atoms with van der Waals surface area (Å²) in [6.07, 6.45) is 5.98. The number of fused-ring (bicyclic) bond motifs is 3. The molecule has 3 heteroatoms. The van der Waals surface area contributed by atoms with Gasteiger partial charge >= 0.3 is 0 Å². The molecule has 0 amide bonds. The van der Waals surface area contributed by atoms with Crippen LogP contribution in [0.1, 0.15) is 18.7 Å². The Morgan fingerprint density at radius 1 is 1.46 bits per heavy atom. The predicted octanol–water partition coefficient (Wildman–Crippen LogP) is 1.08. The van der Waals surface area contributed by atoms with Gasteiger partial charge in [-0.25, -0.2) is 0 Å². The van der Waals surface area contributed by atoms with Crippen molar-refractivity contribution in [1.29, 1.82) is 0 Å². The number of pyridine rings is 1. The Morgan fingerprint density at radius 3 is 3.31 bits per heavy atom. The maximum absolute atomic E-state index is 4.39. The molecule has 1 unspecified atom stereocenters. The second-order valence-corrected chi connectivity index (χ2v) is 3.30. The fourth-order valence-corrected chi connectivity index (χ4v) is 1.93. The zero-order valence-corrected chi connectivity index (χ0v) is 7.38. The average Bonchev–Trinajstić information content (AvgIpc) is 2.72. The lowest BCUT2D eigenvalue weighted by molar-refractivity contribution is -0.771. The summed E-state index contributed by atoms with van der Waals surface area (Å²) < 4.78 is 4.31. The third-order valence-corrected chi connectivity index (χ3v) is 2.57. The van der Waals surface area contributed by atoms with Gasteiger partial charge in [-0.3, -0.25) is 4.98 Å². The van der Waals surface area contributed by atoms with Gasteiger partial charge in [0.2, 0.25) is 6.04 Å². The number of rotatable bonds is 0. The molecule has 0 bridgehead atoms. The van der Waals surface area contributed by atoms with Crippen LogP contribution in [0.5, 0.6) is 0 Å². The Labute approximate surface area is 76.2 Å². The van der Waals surface area contributed by atoms with Crippen LogP contribution >= 0.6 is 0 Å². The van der Waals surface area contributed by atoms with Gasteiger partial charge in [0, 0.05) is 19.2 Å². The minimum atomic E-state index is 0.353. The van der Waals surface area contributed by atoms with Crippen molar-refractivity contribution in [3.63, 3.8) is 0 Å². The monoisotopic (exact) mass is 172 g/mol. The van der Waals surface area contributed by atoms with Gasteiger partial charge in [0.05, 0.1) is 6.20 Å². The van der Waals surface area contributed by atoms with Gasteiger partial charge in [0.25, 0.3) is 0 Å². The highest BCUT2D eigenvalue weighted by Crippen LogP contribution is 2.23. The summed E-state index contributed by atoms with van der Waals surface area (Å²) in [6.45, 7) is 2.16. The average molecular weight is 172 g/mol. The molecule has 1 aliphatic rings. The minimum Gasteiger partial charge on any atom is -0.252 e. The topological polar surface area (TPSA) is 21.7 Å². The lowest BCUT2D eigenvalue weighted by Gasteiger charge is -1.93. The molecule has 3 heterocycles. The normalized spacial score (nSPS) is 18.4. The molecule has 0 saturated carbocycles. The first-order chi connectivity index (χ1) is 6.38. The van der Waals surface area contributed by atoms with E-state index < -0.39 is 0 Å². The van der Waals surface area contributed by atoms with Crippen molar-refractivity contribution in [2.45, 2.75) is 13.0 Å². The van der Waals surface area contributed by atoms with Crippen LogP contribution in [0.3, 0.4) is 0 Å². The van der Waals surface area contributed by atoms with E-state index in [1.165, 1.54) is 5.69 Å². The van der Waals surface area contributed by atoms with Crippen molar-refractivity contribution in [3.05, 3.63) is 42.5 Å². The van der Waals surface area contributed by atoms with Crippen molar-refractivity contribution < 1.29 is 4.68 Å². The van der Waals surface area contributed by atoms with Gasteiger partial charge in [-0.1, -0.05) is 0 Å². The Morgan fingerprint density at radius 2 is 2.38 bits per heavy atom. The maximum Gasteiger partial charge on any atom is 0.223 e. The fourth-order valence-electron chi connectivity index (χ4n) is 1.93. The molecule has 0 radical (unpaired) electrons. The van der Waals surface area contributed by atoms with Gasteiger partial charge in [-0.05, 0) is 12.1 Å². The number of hydrogen-bond donors (Lipinski definition) is 0. The van der Waals surface area contributed by atoms with E-state index >= 15 is 0 Å². The fraction of sp³-hybridized carbons (Fsp3) is 0.200. The molecule has 3 rings (SSSR count). The van der Waals surface area contributed by atoms with Crippen molar-refractivity contribution in [1.82, 2.24) is 9.67 Å². The van der Waals surface area contributed by atoms with E-state index in [9.17, 15) is 0 Å². The Hall–Kier alpha value is -1.64. The molecule has 1 atom stereocenters. The molecule has 0 spiro atoms. The van der Waals surface area contributed by atoms with Gasteiger partial charge in [0.1, 0.15) is 11.4 Å². The van der Waals surface area contributed by atoms with Gasteiger partial charge in [0.15, 0.2) is 6.20 Å². The highest BCUT2D eigenvalue weighted by molar-refractivity contribution is 5.37. The van der Waals surface area contributed by atoms with Crippen molar-refractivity contribution >= 4 is 0 Å². The third kappa shape index (κ3) is 0.736. The van der Waals surface area contributed by atoms with E-state index in [4.69, 9.17) is 0 Å². The van der Waals surface area contributed by atoms with Crippen LogP contribution in [0, 0.1) is 0 Å². The smallest absolute Gasteiger partial charge is 0.223 e. The summed E-state index contributed by atoms with van der Waals surface area (Å²) in [5, 5.41) is 0. The molecule has 2 aromatic heterocycles. The van der Waals surface area contributed by atoms with Gasteiger partial charge in [-0.2, -0.15) is 0 Å². The molecule has 64 valence electrons. The first kappa shape index (κ1) is 6.83. The summed E-state index contributed by atoms with van der Waals surface area (Å²) in [5.41, 5.74) is 2.35. The molecule has 2 aromatic rings. The molecule has 13 heavy (non-hydrogen) atoms. The molecule has 0 N–H and O–H groups in total. The largest absolute Gasteiger partial charge is 0.252 e. The lowest BCUT2D eigenvalue weighted by Crippen LogP contribution is -2.39. The van der Waals surface area contributed by atoms with Gasteiger partial charge in [-0.15, -0.1) is 9.36 Å². The van der Waals surface area contributed by atoms with E-state index in [0.717, 1.165) is 5.69 Å². The molecule has 0 fully saturated rings. The molecule has 1 aliphatic heterocycles. The van der Waals surface area contributed by atoms with E-state index in [1.54, 1.807) is 0 Å². The molecular formula is C10H10N3+. The molecule has 0 aromatic carbocycles. The van der Waals surface area contributed by atoms with E-state index in [-0.39, 0.29) is 0 Å². The summed E-state index contributed by atoms with van der Waals surface area (Å²) >= 11 is 0. The number of hydrogen-bond acceptors (Lipinski definition) is 1. The van der Waals surface area contributed by atoms with Crippen LogP contribution in [-0.2, 0) is 0 Å². The quantitative estimate of drug-likeness (QED) is 0.545. The van der Waals surface area contributed by atoms with E-state index in [2.05, 4.69) is 39.7 Å². The standard InChI is InChI=1S/C10H10N3/c1-8-10-9(4-2-5-11-10)13-7-3-6-12(8)13/h2-8H,1H3/q+1. The molecule has 3 nitrogen and oxygen atoms in total. The maximum atomic E-state index is 4.39. The number of aromatic nitrogens is 3. The highest BCUT2D eigenvalue weighted by Gasteiger charge is 2.32. The third-order valence-electron chi connectivity index (χ3n) is 2.57. The summed E-state index contributed by atoms with van der Waals surface area (Å²) in [7, 11) is 0. The van der Waals surface area contributed by atoms with E-state index in [1.807, 2.05) is 18.3 Å². The van der Waals surface area contributed by atoms with Crippen LogP contribution in [0.4, 0.5) is 0 Å². The van der Waals surface area contributed by atoms with Crippen LogP contribution < -0.4 is 4.68 Å². The second kappa shape index (κ2) is 2.19. The predicted molar refractivity (Wildman–Crippen MR) is 47.6 cm³/mol. The van der Waals surface area contributed by atoms with Crippen LogP contribution in [-0.4, -0.2) is 9.67 Å². The van der Waals surface area contributed by atoms with Gasteiger partial charge < -0.3 is 0 Å². The van der Waals surface area contributed by atoms with Crippen LogP contribution in [0.15, 0.2) is 36.8 Å². The number of nitrogens with zero attached hydrogens (tertiary/aromatic N) is 3. The van der Waals surface area contributed by atoms with Crippen molar-refractivity contribution in [3.8, 4) is 5.69 Å².